The first-order chi connectivity index (χ1) is 9.22. The van der Waals surface area contributed by atoms with Gasteiger partial charge in [0.15, 0.2) is 0 Å². The summed E-state index contributed by atoms with van der Waals surface area (Å²) in [4.78, 5) is 0. The van der Waals surface area contributed by atoms with Gasteiger partial charge in [0.2, 0.25) is 0 Å². The summed E-state index contributed by atoms with van der Waals surface area (Å²) in [5.41, 5.74) is 1.41. The van der Waals surface area contributed by atoms with E-state index in [2.05, 4.69) is 71.1 Å². The van der Waals surface area contributed by atoms with Crippen LogP contribution in [0.5, 0.6) is 0 Å². The highest BCUT2D eigenvalue weighted by Crippen LogP contribution is 2.31. The minimum atomic E-state index is 0.493. The first-order valence-electron chi connectivity index (χ1n) is 7.36. The molecular formula is C16H24BrNS. The molecule has 1 nitrogen and oxygen atoms in total. The highest BCUT2D eigenvalue weighted by Gasteiger charge is 2.26. The highest BCUT2D eigenvalue weighted by molar-refractivity contribution is 9.10. The molecule has 0 radical (unpaired) electrons. The molecule has 0 aromatic heterocycles. The fraction of sp³-hybridized carbons (Fsp3) is 0.625. The second-order valence-electron chi connectivity index (χ2n) is 5.27. The minimum absolute atomic E-state index is 0.493. The van der Waals surface area contributed by atoms with Gasteiger partial charge in [-0.25, -0.2) is 0 Å². The van der Waals surface area contributed by atoms with Crippen molar-refractivity contribution in [3.63, 3.8) is 0 Å². The lowest BCUT2D eigenvalue weighted by molar-refractivity contribution is 0.431. The smallest absolute Gasteiger partial charge is 0.0320 e. The lowest BCUT2D eigenvalue weighted by Crippen LogP contribution is -2.30. The molecule has 0 amide bonds. The number of hydrogen-bond acceptors (Lipinski definition) is 2. The molecule has 1 saturated carbocycles. The van der Waals surface area contributed by atoms with Gasteiger partial charge in [0.1, 0.15) is 0 Å². The van der Waals surface area contributed by atoms with Crippen molar-refractivity contribution in [2.75, 3.05) is 5.75 Å². The van der Waals surface area contributed by atoms with Crippen LogP contribution in [-0.2, 0) is 0 Å². The zero-order chi connectivity index (χ0) is 13.7. The third-order valence-corrected chi connectivity index (χ3v) is 5.61. The van der Waals surface area contributed by atoms with Crippen LogP contribution in [0.1, 0.15) is 51.1 Å². The number of rotatable bonds is 6. The first-order valence-corrected chi connectivity index (χ1v) is 9.20. The summed E-state index contributed by atoms with van der Waals surface area (Å²) in [6, 6.07) is 9.90. The minimum Gasteiger partial charge on any atom is -0.307 e. The molecule has 0 aliphatic heterocycles. The van der Waals surface area contributed by atoms with Crippen LogP contribution < -0.4 is 5.32 Å². The maximum Gasteiger partial charge on any atom is 0.0320 e. The van der Waals surface area contributed by atoms with Crippen molar-refractivity contribution in [1.82, 2.24) is 5.32 Å². The summed E-state index contributed by atoms with van der Waals surface area (Å²) >= 11 is 5.70. The molecule has 1 aliphatic carbocycles. The highest BCUT2D eigenvalue weighted by atomic mass is 79.9. The molecule has 1 aromatic carbocycles. The van der Waals surface area contributed by atoms with Crippen LogP contribution in [0.15, 0.2) is 28.7 Å². The third kappa shape index (κ3) is 4.51. The van der Waals surface area contributed by atoms with E-state index >= 15 is 0 Å². The molecule has 19 heavy (non-hydrogen) atoms. The van der Waals surface area contributed by atoms with Crippen LogP contribution in [0.3, 0.4) is 0 Å². The Morgan fingerprint density at radius 1 is 1.37 bits per heavy atom. The Morgan fingerprint density at radius 3 is 2.89 bits per heavy atom. The molecule has 3 atom stereocenters. The zero-order valence-corrected chi connectivity index (χ0v) is 14.3. The van der Waals surface area contributed by atoms with Gasteiger partial charge in [0.05, 0.1) is 0 Å². The fourth-order valence-electron chi connectivity index (χ4n) is 2.94. The Balaban J connectivity index is 1.93. The van der Waals surface area contributed by atoms with Crippen LogP contribution in [-0.4, -0.2) is 17.0 Å². The standard InChI is InChI=1S/C16H24BrNS/c1-3-16(12-6-5-7-13(17)10-12)18-14-8-9-15(11-14)19-4-2/h5-7,10,14-16,18H,3-4,8-9,11H2,1-2H3. The summed E-state index contributed by atoms with van der Waals surface area (Å²) in [5.74, 6) is 1.25. The zero-order valence-electron chi connectivity index (χ0n) is 11.9. The van der Waals surface area contributed by atoms with Gasteiger partial charge >= 0.3 is 0 Å². The van der Waals surface area contributed by atoms with Crippen molar-refractivity contribution in [2.45, 2.75) is 56.9 Å². The topological polar surface area (TPSA) is 12.0 Å². The molecule has 0 saturated heterocycles. The summed E-state index contributed by atoms with van der Waals surface area (Å²) < 4.78 is 1.18. The summed E-state index contributed by atoms with van der Waals surface area (Å²) in [5, 5.41) is 4.74. The van der Waals surface area contributed by atoms with Gasteiger partial charge in [0, 0.05) is 21.8 Å². The molecule has 0 bridgehead atoms. The van der Waals surface area contributed by atoms with E-state index in [-0.39, 0.29) is 0 Å². The number of benzene rings is 1. The van der Waals surface area contributed by atoms with Crippen molar-refractivity contribution in [2.24, 2.45) is 0 Å². The molecule has 1 N–H and O–H groups in total. The predicted octanol–water partition coefficient (Wildman–Crippen LogP) is 5.16. The second-order valence-corrected chi connectivity index (χ2v) is 7.76. The van der Waals surface area contributed by atoms with E-state index in [1.165, 1.54) is 35.1 Å². The predicted molar refractivity (Wildman–Crippen MR) is 89.9 cm³/mol. The van der Waals surface area contributed by atoms with Crippen LogP contribution in [0.4, 0.5) is 0 Å². The average Bonchev–Trinajstić information content (AvgIpc) is 2.84. The van der Waals surface area contributed by atoms with Crippen molar-refractivity contribution < 1.29 is 0 Å². The maximum atomic E-state index is 3.86. The van der Waals surface area contributed by atoms with E-state index in [1.54, 1.807) is 0 Å². The van der Waals surface area contributed by atoms with E-state index in [0.29, 0.717) is 12.1 Å². The SMILES string of the molecule is CCSC1CCC(NC(CC)c2cccc(Br)c2)C1. The van der Waals surface area contributed by atoms with E-state index in [0.717, 1.165) is 11.7 Å². The summed E-state index contributed by atoms with van der Waals surface area (Å²) in [7, 11) is 0. The average molecular weight is 342 g/mol. The van der Waals surface area contributed by atoms with Crippen molar-refractivity contribution in [3.05, 3.63) is 34.3 Å². The molecule has 0 spiro atoms. The van der Waals surface area contributed by atoms with Crippen LogP contribution in [0.25, 0.3) is 0 Å². The Bertz CT molecular complexity index is 396. The number of nitrogens with one attached hydrogen (secondary N) is 1. The monoisotopic (exact) mass is 341 g/mol. The normalized spacial score (nSPS) is 24.6. The largest absolute Gasteiger partial charge is 0.307 e. The lowest BCUT2D eigenvalue weighted by atomic mass is 10.0. The van der Waals surface area contributed by atoms with Crippen LogP contribution in [0.2, 0.25) is 0 Å². The van der Waals surface area contributed by atoms with E-state index in [9.17, 15) is 0 Å². The van der Waals surface area contributed by atoms with Gasteiger partial charge in [0.25, 0.3) is 0 Å². The van der Waals surface area contributed by atoms with Crippen molar-refractivity contribution in [3.8, 4) is 0 Å². The van der Waals surface area contributed by atoms with Gasteiger partial charge in [-0.1, -0.05) is 41.9 Å². The molecule has 1 aliphatic rings. The summed E-state index contributed by atoms with van der Waals surface area (Å²) in [6.45, 7) is 4.54. The lowest BCUT2D eigenvalue weighted by Gasteiger charge is -2.22. The Kier molecular flexibility index (Phi) is 6.24. The molecule has 106 valence electrons. The molecule has 3 heteroatoms. The van der Waals surface area contributed by atoms with Crippen LogP contribution in [0, 0.1) is 0 Å². The Hall–Kier alpha value is 0.01000. The van der Waals surface area contributed by atoms with E-state index in [1.807, 2.05) is 0 Å². The van der Waals surface area contributed by atoms with Gasteiger partial charge in [-0.3, -0.25) is 0 Å². The molecule has 2 rings (SSSR count). The maximum absolute atomic E-state index is 3.86. The molecular weight excluding hydrogens is 318 g/mol. The van der Waals surface area contributed by atoms with Gasteiger partial charge in [-0.2, -0.15) is 11.8 Å². The molecule has 1 aromatic rings. The number of halogens is 1. The fourth-order valence-corrected chi connectivity index (χ4v) is 4.50. The first kappa shape index (κ1) is 15.4. The van der Waals surface area contributed by atoms with Gasteiger partial charge < -0.3 is 5.32 Å². The van der Waals surface area contributed by atoms with Crippen LogP contribution >= 0.6 is 27.7 Å². The molecule has 1 fully saturated rings. The van der Waals surface area contributed by atoms with Crippen molar-refractivity contribution in [1.29, 1.82) is 0 Å². The third-order valence-electron chi connectivity index (χ3n) is 3.88. The second kappa shape index (κ2) is 7.70. The molecule has 3 unspecified atom stereocenters. The number of hydrogen-bond donors (Lipinski definition) is 1. The molecule has 0 heterocycles. The van der Waals surface area contributed by atoms with Crippen molar-refractivity contribution >= 4 is 27.7 Å². The Labute approximate surface area is 130 Å². The number of thioether (sulfide) groups is 1. The van der Waals surface area contributed by atoms with E-state index in [4.69, 9.17) is 0 Å². The van der Waals surface area contributed by atoms with Gasteiger partial charge in [-0.05, 0) is 49.1 Å². The van der Waals surface area contributed by atoms with Gasteiger partial charge in [-0.15, -0.1) is 0 Å². The van der Waals surface area contributed by atoms with E-state index < -0.39 is 0 Å². The Morgan fingerprint density at radius 2 is 2.21 bits per heavy atom. The quantitative estimate of drug-likeness (QED) is 0.766. The summed E-state index contributed by atoms with van der Waals surface area (Å²) in [6.07, 6.45) is 5.20.